The molecular formula is C11H16FN3O. The molecule has 0 saturated heterocycles. The van der Waals surface area contributed by atoms with Crippen LogP contribution in [0.2, 0.25) is 0 Å². The highest BCUT2D eigenvalue weighted by Gasteiger charge is 2.14. The molecule has 1 aromatic rings. The molecule has 1 rings (SSSR count). The van der Waals surface area contributed by atoms with E-state index in [1.807, 2.05) is 6.92 Å². The van der Waals surface area contributed by atoms with Crippen LogP contribution in [0.15, 0.2) is 18.5 Å². The van der Waals surface area contributed by atoms with Gasteiger partial charge in [0.15, 0.2) is 0 Å². The van der Waals surface area contributed by atoms with Crippen LogP contribution in [0.25, 0.3) is 0 Å². The Morgan fingerprint density at radius 3 is 2.81 bits per heavy atom. The SMILES string of the molecule is CCCN(CCN)C(=O)c1cncc(F)c1. The number of hydrogen-bond donors (Lipinski definition) is 1. The number of carbonyl (C=O) groups excluding carboxylic acids is 1. The van der Waals surface area contributed by atoms with Crippen molar-refractivity contribution in [2.75, 3.05) is 19.6 Å². The molecule has 0 aliphatic carbocycles. The van der Waals surface area contributed by atoms with Gasteiger partial charge in [-0.15, -0.1) is 0 Å². The van der Waals surface area contributed by atoms with Crippen LogP contribution < -0.4 is 5.73 Å². The third-order valence-corrected chi connectivity index (χ3v) is 2.13. The van der Waals surface area contributed by atoms with E-state index in [4.69, 9.17) is 5.73 Å². The Morgan fingerprint density at radius 2 is 2.25 bits per heavy atom. The molecule has 16 heavy (non-hydrogen) atoms. The largest absolute Gasteiger partial charge is 0.337 e. The number of carbonyl (C=O) groups is 1. The van der Waals surface area contributed by atoms with Crippen molar-refractivity contribution in [2.24, 2.45) is 5.73 Å². The van der Waals surface area contributed by atoms with Crippen molar-refractivity contribution < 1.29 is 9.18 Å². The first-order chi connectivity index (χ1) is 7.69. The second kappa shape index (κ2) is 6.17. The second-order valence-electron chi connectivity index (χ2n) is 3.47. The van der Waals surface area contributed by atoms with Crippen molar-refractivity contribution in [1.82, 2.24) is 9.88 Å². The lowest BCUT2D eigenvalue weighted by atomic mass is 10.2. The maximum absolute atomic E-state index is 12.9. The summed E-state index contributed by atoms with van der Waals surface area (Å²) in [6.07, 6.45) is 3.28. The van der Waals surface area contributed by atoms with Gasteiger partial charge in [-0.25, -0.2) is 4.39 Å². The summed E-state index contributed by atoms with van der Waals surface area (Å²) in [5.41, 5.74) is 5.69. The Labute approximate surface area is 94.3 Å². The molecule has 0 atom stereocenters. The van der Waals surface area contributed by atoms with E-state index in [-0.39, 0.29) is 11.5 Å². The molecule has 5 heteroatoms. The summed E-state index contributed by atoms with van der Waals surface area (Å²) in [6, 6.07) is 1.19. The minimum absolute atomic E-state index is 0.223. The zero-order chi connectivity index (χ0) is 12.0. The van der Waals surface area contributed by atoms with E-state index < -0.39 is 5.82 Å². The van der Waals surface area contributed by atoms with Crippen LogP contribution in [-0.2, 0) is 0 Å². The molecule has 0 aliphatic heterocycles. The minimum atomic E-state index is -0.505. The molecule has 0 radical (unpaired) electrons. The molecule has 4 nitrogen and oxygen atoms in total. The van der Waals surface area contributed by atoms with Crippen LogP contribution in [0.5, 0.6) is 0 Å². The average molecular weight is 225 g/mol. The predicted octanol–water partition coefficient (Wildman–Crippen LogP) is 1.03. The zero-order valence-electron chi connectivity index (χ0n) is 9.32. The molecule has 0 unspecified atom stereocenters. The Bertz CT molecular complexity index is 351. The normalized spacial score (nSPS) is 10.2. The van der Waals surface area contributed by atoms with E-state index in [1.54, 1.807) is 4.90 Å². The number of rotatable bonds is 5. The Balaban J connectivity index is 2.81. The highest BCUT2D eigenvalue weighted by atomic mass is 19.1. The zero-order valence-corrected chi connectivity index (χ0v) is 9.32. The number of nitrogens with two attached hydrogens (primary N) is 1. The first-order valence-electron chi connectivity index (χ1n) is 5.29. The van der Waals surface area contributed by atoms with Gasteiger partial charge in [0.2, 0.25) is 0 Å². The molecule has 0 aromatic carbocycles. The van der Waals surface area contributed by atoms with E-state index in [2.05, 4.69) is 4.98 Å². The van der Waals surface area contributed by atoms with Crippen LogP contribution in [0.4, 0.5) is 4.39 Å². The lowest BCUT2D eigenvalue weighted by molar-refractivity contribution is 0.0759. The average Bonchev–Trinajstić information content (AvgIpc) is 2.28. The Kier molecular flexibility index (Phi) is 4.85. The van der Waals surface area contributed by atoms with Crippen molar-refractivity contribution in [3.05, 3.63) is 29.8 Å². The van der Waals surface area contributed by atoms with Crippen LogP contribution >= 0.6 is 0 Å². The molecule has 1 amide bonds. The van der Waals surface area contributed by atoms with Gasteiger partial charge < -0.3 is 10.6 Å². The van der Waals surface area contributed by atoms with Crippen LogP contribution in [-0.4, -0.2) is 35.4 Å². The van der Waals surface area contributed by atoms with Gasteiger partial charge >= 0.3 is 0 Å². The molecule has 1 heterocycles. The van der Waals surface area contributed by atoms with Crippen LogP contribution in [0.1, 0.15) is 23.7 Å². The Hall–Kier alpha value is -1.49. The number of hydrogen-bond acceptors (Lipinski definition) is 3. The second-order valence-corrected chi connectivity index (χ2v) is 3.47. The highest BCUT2D eigenvalue weighted by molar-refractivity contribution is 5.93. The van der Waals surface area contributed by atoms with Crippen molar-refractivity contribution in [3.63, 3.8) is 0 Å². The van der Waals surface area contributed by atoms with Crippen molar-refractivity contribution in [3.8, 4) is 0 Å². The fraction of sp³-hybridized carbons (Fsp3) is 0.455. The van der Waals surface area contributed by atoms with E-state index >= 15 is 0 Å². The number of amides is 1. The third-order valence-electron chi connectivity index (χ3n) is 2.13. The summed E-state index contributed by atoms with van der Waals surface area (Å²) in [4.78, 5) is 17.2. The van der Waals surface area contributed by atoms with Crippen LogP contribution in [0, 0.1) is 5.82 Å². The van der Waals surface area contributed by atoms with E-state index in [0.29, 0.717) is 19.6 Å². The predicted molar refractivity (Wildman–Crippen MR) is 59.4 cm³/mol. The lowest BCUT2D eigenvalue weighted by Gasteiger charge is -2.21. The van der Waals surface area contributed by atoms with Gasteiger partial charge in [-0.1, -0.05) is 6.92 Å². The van der Waals surface area contributed by atoms with Gasteiger partial charge in [0.05, 0.1) is 11.8 Å². The molecule has 2 N–H and O–H groups in total. The van der Waals surface area contributed by atoms with Gasteiger partial charge in [0.1, 0.15) is 5.82 Å². The topological polar surface area (TPSA) is 59.2 Å². The van der Waals surface area contributed by atoms with E-state index in [9.17, 15) is 9.18 Å². The van der Waals surface area contributed by atoms with Crippen molar-refractivity contribution in [2.45, 2.75) is 13.3 Å². The van der Waals surface area contributed by atoms with Gasteiger partial charge in [0.25, 0.3) is 5.91 Å². The standard InChI is InChI=1S/C11H16FN3O/c1-2-4-15(5-3-13)11(16)9-6-10(12)8-14-7-9/h6-8H,2-5,13H2,1H3. The fourth-order valence-electron chi connectivity index (χ4n) is 1.45. The van der Waals surface area contributed by atoms with E-state index in [1.165, 1.54) is 12.3 Å². The molecule has 0 saturated carbocycles. The van der Waals surface area contributed by atoms with Crippen molar-refractivity contribution in [1.29, 1.82) is 0 Å². The maximum atomic E-state index is 12.9. The van der Waals surface area contributed by atoms with Gasteiger partial charge in [-0.05, 0) is 12.5 Å². The highest BCUT2D eigenvalue weighted by Crippen LogP contribution is 2.06. The number of aromatic nitrogens is 1. The quantitative estimate of drug-likeness (QED) is 0.814. The molecule has 0 spiro atoms. The molecular weight excluding hydrogens is 209 g/mol. The summed E-state index contributed by atoms with van der Waals surface area (Å²) in [7, 11) is 0. The number of nitrogens with zero attached hydrogens (tertiary/aromatic N) is 2. The molecule has 0 aliphatic rings. The van der Waals surface area contributed by atoms with Gasteiger partial charge in [-0.3, -0.25) is 9.78 Å². The summed E-state index contributed by atoms with van der Waals surface area (Å²) in [6.45, 7) is 3.46. The number of halogens is 1. The van der Waals surface area contributed by atoms with Crippen LogP contribution in [0.3, 0.4) is 0 Å². The summed E-state index contributed by atoms with van der Waals surface area (Å²) in [5.74, 6) is -0.727. The monoisotopic (exact) mass is 225 g/mol. The van der Waals surface area contributed by atoms with Gasteiger partial charge in [-0.2, -0.15) is 0 Å². The summed E-state index contributed by atoms with van der Waals surface area (Å²) < 4.78 is 12.9. The molecule has 0 fully saturated rings. The summed E-state index contributed by atoms with van der Waals surface area (Å²) >= 11 is 0. The number of pyridine rings is 1. The lowest BCUT2D eigenvalue weighted by Crippen LogP contribution is -2.36. The Morgan fingerprint density at radius 1 is 1.50 bits per heavy atom. The minimum Gasteiger partial charge on any atom is -0.337 e. The van der Waals surface area contributed by atoms with Crippen molar-refractivity contribution >= 4 is 5.91 Å². The smallest absolute Gasteiger partial charge is 0.255 e. The van der Waals surface area contributed by atoms with Gasteiger partial charge in [0, 0.05) is 25.8 Å². The van der Waals surface area contributed by atoms with E-state index in [0.717, 1.165) is 12.6 Å². The maximum Gasteiger partial charge on any atom is 0.255 e. The first kappa shape index (κ1) is 12.6. The molecule has 1 aromatic heterocycles. The first-order valence-corrected chi connectivity index (χ1v) is 5.29. The summed E-state index contributed by atoms with van der Waals surface area (Å²) in [5, 5.41) is 0. The molecule has 0 bridgehead atoms. The molecule has 88 valence electrons. The third kappa shape index (κ3) is 3.27. The fourth-order valence-corrected chi connectivity index (χ4v) is 1.45.